The van der Waals surface area contributed by atoms with Crippen LogP contribution in [-0.2, 0) is 17.7 Å². The summed E-state index contributed by atoms with van der Waals surface area (Å²) in [5, 5.41) is 5.23. The van der Waals surface area contributed by atoms with Crippen LogP contribution >= 0.6 is 11.3 Å². The van der Waals surface area contributed by atoms with Crippen LogP contribution in [0.1, 0.15) is 10.4 Å². The maximum Gasteiger partial charge on any atom is 0.127 e. The highest BCUT2D eigenvalue weighted by Gasteiger charge is 2.03. The number of thiophene rings is 1. The monoisotopic (exact) mass is 309 g/mol. The molecule has 0 saturated carbocycles. The molecule has 0 atom stereocenters. The summed E-state index contributed by atoms with van der Waals surface area (Å²) in [6.45, 7) is 2.53. The van der Waals surface area contributed by atoms with Gasteiger partial charge in [-0.05, 0) is 29.1 Å². The Hall–Kier alpha value is -1.43. The molecule has 0 radical (unpaired) electrons. The quantitative estimate of drug-likeness (QED) is 0.721. The Balaban J connectivity index is 1.82. The standard InChI is InChI=1S/C16H20FNO2S/c1-19-7-5-18-12-13-9-14(17)11-15(10-13)20-6-4-16-3-2-8-21-16/h2-3,8-11,18H,4-7,12H2,1H3. The lowest BCUT2D eigenvalue weighted by atomic mass is 10.2. The number of benzene rings is 1. The summed E-state index contributed by atoms with van der Waals surface area (Å²) in [6, 6.07) is 8.91. The van der Waals surface area contributed by atoms with Crippen LogP contribution in [-0.4, -0.2) is 26.9 Å². The molecular weight excluding hydrogens is 289 g/mol. The van der Waals surface area contributed by atoms with Gasteiger partial charge in [-0.3, -0.25) is 0 Å². The first kappa shape index (κ1) is 15.9. The minimum Gasteiger partial charge on any atom is -0.493 e. The number of hydrogen-bond donors (Lipinski definition) is 1. The van der Waals surface area contributed by atoms with Crippen molar-refractivity contribution in [1.82, 2.24) is 5.32 Å². The Morgan fingerprint density at radius 1 is 1.24 bits per heavy atom. The predicted molar refractivity (Wildman–Crippen MR) is 83.5 cm³/mol. The molecule has 1 N–H and O–H groups in total. The van der Waals surface area contributed by atoms with E-state index in [9.17, 15) is 4.39 Å². The number of rotatable bonds is 9. The third-order valence-corrected chi connectivity index (χ3v) is 3.88. The van der Waals surface area contributed by atoms with Crippen LogP contribution in [0.25, 0.3) is 0 Å². The van der Waals surface area contributed by atoms with Crippen molar-refractivity contribution in [3.63, 3.8) is 0 Å². The van der Waals surface area contributed by atoms with Crippen LogP contribution in [0.5, 0.6) is 5.75 Å². The van der Waals surface area contributed by atoms with Crippen molar-refractivity contribution in [3.05, 3.63) is 52.0 Å². The second-order valence-electron chi connectivity index (χ2n) is 4.64. The lowest BCUT2D eigenvalue weighted by Gasteiger charge is -2.09. The normalized spacial score (nSPS) is 10.8. The first-order valence-corrected chi connectivity index (χ1v) is 7.80. The Bertz CT molecular complexity index is 531. The zero-order chi connectivity index (χ0) is 14.9. The predicted octanol–water partition coefficient (Wildman–Crippen LogP) is 3.24. The Morgan fingerprint density at radius 2 is 2.14 bits per heavy atom. The molecule has 0 fully saturated rings. The molecule has 21 heavy (non-hydrogen) atoms. The van der Waals surface area contributed by atoms with Gasteiger partial charge in [-0.2, -0.15) is 0 Å². The molecule has 0 unspecified atom stereocenters. The molecule has 0 spiro atoms. The zero-order valence-corrected chi connectivity index (χ0v) is 12.9. The van der Waals surface area contributed by atoms with Crippen molar-refractivity contribution in [2.75, 3.05) is 26.9 Å². The molecular formula is C16H20FNO2S. The molecule has 0 saturated heterocycles. The summed E-state index contributed by atoms with van der Waals surface area (Å²) in [4.78, 5) is 1.27. The Kier molecular flexibility index (Phi) is 6.66. The van der Waals surface area contributed by atoms with E-state index in [1.165, 1.54) is 17.0 Å². The van der Waals surface area contributed by atoms with Crippen molar-refractivity contribution in [2.24, 2.45) is 0 Å². The van der Waals surface area contributed by atoms with Crippen molar-refractivity contribution >= 4 is 11.3 Å². The van der Waals surface area contributed by atoms with Crippen molar-refractivity contribution in [3.8, 4) is 5.75 Å². The van der Waals surface area contributed by atoms with Crippen molar-refractivity contribution < 1.29 is 13.9 Å². The van der Waals surface area contributed by atoms with E-state index in [1.54, 1.807) is 18.4 Å². The molecule has 0 amide bonds. The molecule has 114 valence electrons. The van der Waals surface area contributed by atoms with E-state index in [0.717, 1.165) is 18.5 Å². The van der Waals surface area contributed by atoms with Gasteiger partial charge in [0.15, 0.2) is 0 Å². The molecule has 1 aromatic carbocycles. The fourth-order valence-corrected chi connectivity index (χ4v) is 2.63. The number of ether oxygens (including phenoxy) is 2. The number of methoxy groups -OCH3 is 1. The molecule has 3 nitrogen and oxygen atoms in total. The highest BCUT2D eigenvalue weighted by molar-refractivity contribution is 7.09. The lowest BCUT2D eigenvalue weighted by molar-refractivity contribution is 0.199. The topological polar surface area (TPSA) is 30.5 Å². The van der Waals surface area contributed by atoms with Gasteiger partial charge in [0.05, 0.1) is 13.2 Å². The number of nitrogens with one attached hydrogen (secondary N) is 1. The Labute approximate surface area is 128 Å². The van der Waals surface area contributed by atoms with Gasteiger partial charge in [0.2, 0.25) is 0 Å². The lowest BCUT2D eigenvalue weighted by Crippen LogP contribution is -2.18. The van der Waals surface area contributed by atoms with E-state index in [-0.39, 0.29) is 5.82 Å². The van der Waals surface area contributed by atoms with E-state index >= 15 is 0 Å². The van der Waals surface area contributed by atoms with Crippen molar-refractivity contribution in [1.29, 1.82) is 0 Å². The molecule has 1 heterocycles. The fourth-order valence-electron chi connectivity index (χ4n) is 1.94. The zero-order valence-electron chi connectivity index (χ0n) is 12.1. The van der Waals surface area contributed by atoms with Gasteiger partial charge in [0, 0.05) is 37.6 Å². The van der Waals surface area contributed by atoms with E-state index in [2.05, 4.69) is 11.4 Å². The molecule has 2 rings (SSSR count). The van der Waals surface area contributed by atoms with Gasteiger partial charge in [-0.25, -0.2) is 4.39 Å². The summed E-state index contributed by atoms with van der Waals surface area (Å²) in [5.74, 6) is 0.308. The van der Waals surface area contributed by atoms with Crippen LogP contribution in [0.4, 0.5) is 4.39 Å². The first-order valence-electron chi connectivity index (χ1n) is 6.92. The summed E-state index contributed by atoms with van der Waals surface area (Å²) in [5.41, 5.74) is 0.872. The summed E-state index contributed by atoms with van der Waals surface area (Å²) in [6.07, 6.45) is 0.843. The van der Waals surface area contributed by atoms with Crippen LogP contribution in [0.2, 0.25) is 0 Å². The van der Waals surface area contributed by atoms with Crippen LogP contribution in [0, 0.1) is 5.82 Å². The highest BCUT2D eigenvalue weighted by Crippen LogP contribution is 2.17. The molecule has 0 aliphatic rings. The largest absolute Gasteiger partial charge is 0.493 e. The van der Waals surface area contributed by atoms with Gasteiger partial charge in [0.25, 0.3) is 0 Å². The molecule has 5 heteroatoms. The van der Waals surface area contributed by atoms with Gasteiger partial charge >= 0.3 is 0 Å². The van der Waals surface area contributed by atoms with Crippen LogP contribution in [0.15, 0.2) is 35.7 Å². The number of halogens is 1. The highest BCUT2D eigenvalue weighted by atomic mass is 32.1. The van der Waals surface area contributed by atoms with Crippen LogP contribution < -0.4 is 10.1 Å². The van der Waals surface area contributed by atoms with Gasteiger partial charge in [-0.15, -0.1) is 11.3 Å². The van der Waals surface area contributed by atoms with E-state index in [1.807, 2.05) is 17.5 Å². The summed E-state index contributed by atoms with van der Waals surface area (Å²) in [7, 11) is 1.66. The van der Waals surface area contributed by atoms with Crippen molar-refractivity contribution in [2.45, 2.75) is 13.0 Å². The van der Waals surface area contributed by atoms with Gasteiger partial charge < -0.3 is 14.8 Å². The smallest absolute Gasteiger partial charge is 0.127 e. The maximum atomic E-state index is 13.6. The molecule has 0 aliphatic heterocycles. The first-order chi connectivity index (χ1) is 10.3. The van der Waals surface area contributed by atoms with Gasteiger partial charge in [-0.1, -0.05) is 6.07 Å². The summed E-state index contributed by atoms with van der Waals surface area (Å²) >= 11 is 1.70. The molecule has 2 aromatic rings. The average Bonchev–Trinajstić information content (AvgIpc) is 2.96. The second kappa shape index (κ2) is 8.77. The molecule has 0 bridgehead atoms. The molecule has 1 aromatic heterocycles. The van der Waals surface area contributed by atoms with Gasteiger partial charge in [0.1, 0.15) is 11.6 Å². The second-order valence-corrected chi connectivity index (χ2v) is 5.67. The fraction of sp³-hybridized carbons (Fsp3) is 0.375. The van der Waals surface area contributed by atoms with Crippen LogP contribution in [0.3, 0.4) is 0 Å². The third kappa shape index (κ3) is 5.83. The minimum atomic E-state index is -0.271. The third-order valence-electron chi connectivity index (χ3n) is 2.94. The number of hydrogen-bond acceptors (Lipinski definition) is 4. The maximum absolute atomic E-state index is 13.6. The molecule has 0 aliphatic carbocycles. The Morgan fingerprint density at radius 3 is 2.90 bits per heavy atom. The average molecular weight is 309 g/mol. The minimum absolute atomic E-state index is 0.271. The van der Waals surface area contributed by atoms with E-state index in [0.29, 0.717) is 25.5 Å². The summed E-state index contributed by atoms with van der Waals surface area (Å²) < 4.78 is 24.2. The van der Waals surface area contributed by atoms with E-state index < -0.39 is 0 Å². The SMILES string of the molecule is COCCNCc1cc(F)cc(OCCc2cccs2)c1. The van der Waals surface area contributed by atoms with E-state index in [4.69, 9.17) is 9.47 Å².